The Morgan fingerprint density at radius 1 is 1.33 bits per heavy atom. The lowest BCUT2D eigenvalue weighted by molar-refractivity contribution is -0.118. The van der Waals surface area contributed by atoms with Crippen LogP contribution in [0.25, 0.3) is 0 Å². The standard InChI is InChI=1S/C19H26N6O2/c1-11(15-7-8-21-24-19(15)27-2)25-10-14(9-22-25)23-18(26)17(20)16(12-3-4-12)13-5-6-13/h7-13,16-17H,3-6,20H2,1-2H3,(H,23,26)/t11?,17-/m0/s1. The highest BCUT2D eigenvalue weighted by molar-refractivity contribution is 5.94. The highest BCUT2D eigenvalue weighted by atomic mass is 16.5. The van der Waals surface area contributed by atoms with Crippen molar-refractivity contribution in [3.05, 3.63) is 30.2 Å². The lowest BCUT2D eigenvalue weighted by Gasteiger charge is -2.22. The summed E-state index contributed by atoms with van der Waals surface area (Å²) in [7, 11) is 1.56. The molecule has 2 heterocycles. The van der Waals surface area contributed by atoms with Crippen molar-refractivity contribution >= 4 is 11.6 Å². The van der Waals surface area contributed by atoms with Gasteiger partial charge in [-0.05, 0) is 56.4 Å². The lowest BCUT2D eigenvalue weighted by atomic mass is 9.89. The second-order valence-electron chi connectivity index (χ2n) is 7.65. The molecule has 0 bridgehead atoms. The van der Waals surface area contributed by atoms with Crippen LogP contribution in [0.15, 0.2) is 24.7 Å². The van der Waals surface area contributed by atoms with Crippen LogP contribution < -0.4 is 15.8 Å². The summed E-state index contributed by atoms with van der Waals surface area (Å²) in [6, 6.07) is 1.29. The van der Waals surface area contributed by atoms with E-state index < -0.39 is 6.04 Å². The van der Waals surface area contributed by atoms with Crippen molar-refractivity contribution < 1.29 is 9.53 Å². The smallest absolute Gasteiger partial charge is 0.241 e. The summed E-state index contributed by atoms with van der Waals surface area (Å²) in [5.41, 5.74) is 7.83. The van der Waals surface area contributed by atoms with Crippen LogP contribution in [0, 0.1) is 17.8 Å². The first kappa shape index (κ1) is 17.9. The highest BCUT2D eigenvalue weighted by Gasteiger charge is 2.46. The predicted molar refractivity (Wildman–Crippen MR) is 100 cm³/mol. The van der Waals surface area contributed by atoms with Crippen LogP contribution in [0.2, 0.25) is 0 Å². The molecule has 0 spiro atoms. The van der Waals surface area contributed by atoms with Gasteiger partial charge in [-0.15, -0.1) is 5.10 Å². The van der Waals surface area contributed by atoms with Crippen LogP contribution in [0.4, 0.5) is 5.69 Å². The van der Waals surface area contributed by atoms with Gasteiger partial charge < -0.3 is 15.8 Å². The average Bonchev–Trinajstić information content (AvgIpc) is 3.62. The summed E-state index contributed by atoms with van der Waals surface area (Å²) in [6.45, 7) is 1.99. The molecule has 8 nitrogen and oxygen atoms in total. The third kappa shape index (κ3) is 3.80. The number of nitrogens with one attached hydrogen (secondary N) is 1. The maximum absolute atomic E-state index is 12.7. The van der Waals surface area contributed by atoms with Gasteiger partial charge in [0.25, 0.3) is 0 Å². The number of carbonyl (C=O) groups is 1. The number of nitrogens with two attached hydrogens (primary N) is 1. The number of carbonyl (C=O) groups excluding carboxylic acids is 1. The third-order valence-corrected chi connectivity index (χ3v) is 5.68. The van der Waals surface area contributed by atoms with E-state index in [4.69, 9.17) is 10.5 Å². The molecule has 0 aromatic carbocycles. The molecule has 144 valence electrons. The summed E-state index contributed by atoms with van der Waals surface area (Å²) in [5, 5.41) is 15.1. The van der Waals surface area contributed by atoms with E-state index in [1.165, 1.54) is 25.7 Å². The van der Waals surface area contributed by atoms with E-state index in [1.54, 1.807) is 30.4 Å². The van der Waals surface area contributed by atoms with Gasteiger partial charge in [0.05, 0.1) is 37.3 Å². The number of hydrogen-bond acceptors (Lipinski definition) is 6. The van der Waals surface area contributed by atoms with Gasteiger partial charge in [0.1, 0.15) is 0 Å². The first-order valence-electron chi connectivity index (χ1n) is 9.54. The van der Waals surface area contributed by atoms with Gasteiger partial charge in [-0.3, -0.25) is 9.48 Å². The maximum atomic E-state index is 12.7. The zero-order valence-electron chi connectivity index (χ0n) is 15.7. The van der Waals surface area contributed by atoms with Gasteiger partial charge >= 0.3 is 0 Å². The van der Waals surface area contributed by atoms with Crippen molar-refractivity contribution in [2.75, 3.05) is 12.4 Å². The lowest BCUT2D eigenvalue weighted by Crippen LogP contribution is -2.43. The molecular weight excluding hydrogens is 344 g/mol. The van der Waals surface area contributed by atoms with Crippen LogP contribution in [0.3, 0.4) is 0 Å². The minimum atomic E-state index is -0.449. The number of nitrogens with zero attached hydrogens (tertiary/aromatic N) is 4. The van der Waals surface area contributed by atoms with Gasteiger partial charge in [-0.1, -0.05) is 0 Å². The fourth-order valence-corrected chi connectivity index (χ4v) is 3.90. The number of ether oxygens (including phenoxy) is 1. The molecule has 8 heteroatoms. The Labute approximate surface area is 158 Å². The Kier molecular flexibility index (Phi) is 4.82. The molecule has 0 saturated heterocycles. The fourth-order valence-electron chi connectivity index (χ4n) is 3.90. The maximum Gasteiger partial charge on any atom is 0.241 e. The van der Waals surface area contributed by atoms with Gasteiger partial charge in [0, 0.05) is 11.8 Å². The first-order valence-corrected chi connectivity index (χ1v) is 9.54. The number of amides is 1. The fraction of sp³-hybridized carbons (Fsp3) is 0.579. The summed E-state index contributed by atoms with van der Waals surface area (Å²) in [4.78, 5) is 12.7. The molecule has 2 aliphatic rings. The van der Waals surface area contributed by atoms with Crippen molar-refractivity contribution in [1.29, 1.82) is 0 Å². The van der Waals surface area contributed by atoms with Crippen LogP contribution >= 0.6 is 0 Å². The number of aromatic nitrogens is 4. The Bertz CT molecular complexity index is 802. The minimum absolute atomic E-state index is 0.111. The molecular formula is C19H26N6O2. The van der Waals surface area contributed by atoms with Crippen LogP contribution in [-0.2, 0) is 4.79 Å². The molecule has 2 fully saturated rings. The molecule has 2 aliphatic carbocycles. The van der Waals surface area contributed by atoms with Gasteiger partial charge in [0.15, 0.2) is 0 Å². The van der Waals surface area contributed by atoms with Crippen LogP contribution in [0.5, 0.6) is 5.88 Å². The summed E-state index contributed by atoms with van der Waals surface area (Å²) < 4.78 is 7.04. The van der Waals surface area contributed by atoms with Crippen molar-refractivity contribution in [2.45, 2.75) is 44.7 Å². The number of hydrogen-bond donors (Lipinski definition) is 2. The van der Waals surface area contributed by atoms with E-state index in [1.807, 2.05) is 13.0 Å². The van der Waals surface area contributed by atoms with E-state index >= 15 is 0 Å². The molecule has 2 atom stereocenters. The second-order valence-corrected chi connectivity index (χ2v) is 7.65. The summed E-state index contributed by atoms with van der Waals surface area (Å²) in [6.07, 6.45) is 9.90. The molecule has 3 N–H and O–H groups in total. The van der Waals surface area contributed by atoms with Crippen molar-refractivity contribution in [3.63, 3.8) is 0 Å². The predicted octanol–water partition coefficient (Wildman–Crippen LogP) is 1.99. The minimum Gasteiger partial charge on any atom is -0.480 e. The van der Waals surface area contributed by atoms with Crippen LogP contribution in [0.1, 0.15) is 44.2 Å². The molecule has 1 amide bonds. The quantitative estimate of drug-likeness (QED) is 0.736. The van der Waals surface area contributed by atoms with Crippen molar-refractivity contribution in [1.82, 2.24) is 20.0 Å². The van der Waals surface area contributed by atoms with Crippen molar-refractivity contribution in [3.8, 4) is 5.88 Å². The molecule has 4 rings (SSSR count). The molecule has 2 aromatic rings. The Morgan fingerprint density at radius 2 is 2.04 bits per heavy atom. The number of anilines is 1. The van der Waals surface area contributed by atoms with Crippen molar-refractivity contribution in [2.24, 2.45) is 23.5 Å². The summed E-state index contributed by atoms with van der Waals surface area (Å²) in [5.74, 6) is 1.94. The Balaban J connectivity index is 1.43. The normalized spacial score (nSPS) is 19.0. The topological polar surface area (TPSA) is 108 Å². The van der Waals surface area contributed by atoms with Crippen LogP contribution in [-0.4, -0.2) is 39.0 Å². The number of rotatable bonds is 8. The first-order chi connectivity index (χ1) is 13.1. The third-order valence-electron chi connectivity index (χ3n) is 5.68. The molecule has 27 heavy (non-hydrogen) atoms. The van der Waals surface area contributed by atoms with Gasteiger partial charge in [-0.25, -0.2) is 0 Å². The van der Waals surface area contributed by atoms with Gasteiger partial charge in [-0.2, -0.15) is 10.2 Å². The largest absolute Gasteiger partial charge is 0.480 e. The number of methoxy groups -OCH3 is 1. The average molecular weight is 370 g/mol. The SMILES string of the molecule is COc1nnccc1C(C)n1cc(NC(=O)[C@@H](N)C(C2CC2)C2CC2)cn1. The Morgan fingerprint density at radius 3 is 2.67 bits per heavy atom. The summed E-state index contributed by atoms with van der Waals surface area (Å²) >= 11 is 0. The van der Waals surface area contributed by atoms with E-state index in [2.05, 4.69) is 20.6 Å². The zero-order chi connectivity index (χ0) is 19.0. The highest BCUT2D eigenvalue weighted by Crippen LogP contribution is 2.50. The zero-order valence-corrected chi connectivity index (χ0v) is 15.7. The van der Waals surface area contributed by atoms with E-state index in [-0.39, 0.29) is 11.9 Å². The molecule has 0 aliphatic heterocycles. The molecule has 0 radical (unpaired) electrons. The second kappa shape index (κ2) is 7.26. The molecule has 2 aromatic heterocycles. The molecule has 2 saturated carbocycles. The molecule has 1 unspecified atom stereocenters. The Hall–Kier alpha value is -2.48. The van der Waals surface area contributed by atoms with Gasteiger partial charge in [0.2, 0.25) is 11.8 Å². The van der Waals surface area contributed by atoms with E-state index in [9.17, 15) is 4.79 Å². The monoisotopic (exact) mass is 370 g/mol. The van der Waals surface area contributed by atoms with E-state index in [0.29, 0.717) is 29.3 Å². The van der Waals surface area contributed by atoms with E-state index in [0.717, 1.165) is 5.56 Å².